The predicted octanol–water partition coefficient (Wildman–Crippen LogP) is 3.08. The smallest absolute Gasteiger partial charge is 0.243 e. The van der Waals surface area contributed by atoms with Crippen LogP contribution in [0.25, 0.3) is 0 Å². The molecule has 2 N–H and O–H groups in total. The molecule has 170 valence electrons. The lowest BCUT2D eigenvalue weighted by atomic mass is 10.0. The SMILES string of the molecule is O=S(=O)(c1cccc(CN(Cc2ncc[nH]2)Cc2ncc[nH]2)c1)N1CCc2ccccc2C1. The molecule has 0 bridgehead atoms. The van der Waals surface area contributed by atoms with Crippen molar-refractivity contribution in [3.63, 3.8) is 0 Å². The van der Waals surface area contributed by atoms with Gasteiger partial charge in [-0.1, -0.05) is 36.4 Å². The number of hydrogen-bond acceptors (Lipinski definition) is 5. The van der Waals surface area contributed by atoms with Crippen LogP contribution < -0.4 is 0 Å². The van der Waals surface area contributed by atoms with E-state index >= 15 is 0 Å². The van der Waals surface area contributed by atoms with Gasteiger partial charge < -0.3 is 9.97 Å². The number of aromatic amines is 2. The Morgan fingerprint density at radius 3 is 2.24 bits per heavy atom. The van der Waals surface area contributed by atoms with Crippen molar-refractivity contribution in [3.05, 3.63) is 102 Å². The molecule has 4 aromatic rings. The van der Waals surface area contributed by atoms with E-state index in [9.17, 15) is 8.42 Å². The van der Waals surface area contributed by atoms with Gasteiger partial charge in [0.05, 0.1) is 18.0 Å². The van der Waals surface area contributed by atoms with Crippen molar-refractivity contribution in [1.82, 2.24) is 29.1 Å². The molecule has 0 radical (unpaired) electrons. The average molecular weight is 463 g/mol. The fourth-order valence-corrected chi connectivity index (χ4v) is 5.74. The number of hydrogen-bond donors (Lipinski definition) is 2. The standard InChI is InChI=1S/C24H26N6O2S/c31-33(32,30-13-8-20-5-1-2-6-21(20)16-30)22-7-3-4-19(14-22)15-29(17-23-25-9-10-26-23)18-24-27-11-12-28-24/h1-7,9-12,14H,8,13,15-18H2,(H,25,26)(H,27,28). The van der Waals surface area contributed by atoms with E-state index in [0.717, 1.165) is 29.2 Å². The number of nitrogens with zero attached hydrogens (tertiary/aromatic N) is 4. The van der Waals surface area contributed by atoms with Gasteiger partial charge in [-0.25, -0.2) is 18.4 Å². The van der Waals surface area contributed by atoms with Crippen LogP contribution in [0.5, 0.6) is 0 Å². The first-order chi connectivity index (χ1) is 16.1. The summed E-state index contributed by atoms with van der Waals surface area (Å²) in [4.78, 5) is 17.4. The van der Waals surface area contributed by atoms with E-state index in [0.29, 0.717) is 37.6 Å². The Kier molecular flexibility index (Phi) is 6.08. The monoisotopic (exact) mass is 462 g/mol. The quantitative estimate of drug-likeness (QED) is 0.419. The first-order valence-electron chi connectivity index (χ1n) is 10.9. The molecule has 1 aliphatic heterocycles. The van der Waals surface area contributed by atoms with Crippen LogP contribution in [0.3, 0.4) is 0 Å². The van der Waals surface area contributed by atoms with Crippen LogP contribution in [0.4, 0.5) is 0 Å². The highest BCUT2D eigenvalue weighted by Crippen LogP contribution is 2.25. The van der Waals surface area contributed by atoms with Crippen molar-refractivity contribution in [2.75, 3.05) is 6.54 Å². The van der Waals surface area contributed by atoms with Gasteiger partial charge in [0.2, 0.25) is 10.0 Å². The molecule has 0 saturated carbocycles. The number of benzene rings is 2. The number of nitrogens with one attached hydrogen (secondary N) is 2. The highest BCUT2D eigenvalue weighted by atomic mass is 32.2. The van der Waals surface area contributed by atoms with Crippen LogP contribution in [-0.4, -0.2) is 44.1 Å². The maximum atomic E-state index is 13.4. The molecule has 0 atom stereocenters. The van der Waals surface area contributed by atoms with E-state index in [1.807, 2.05) is 30.3 Å². The lowest BCUT2D eigenvalue weighted by Crippen LogP contribution is -2.36. The zero-order valence-corrected chi connectivity index (χ0v) is 19.0. The Hall–Kier alpha value is -3.27. The summed E-state index contributed by atoms with van der Waals surface area (Å²) in [5.74, 6) is 1.69. The molecule has 0 amide bonds. The number of imidazole rings is 2. The van der Waals surface area contributed by atoms with Gasteiger partial charge >= 0.3 is 0 Å². The average Bonchev–Trinajstić information content (AvgIpc) is 3.53. The molecule has 1 aliphatic rings. The first-order valence-corrected chi connectivity index (χ1v) is 12.4. The number of aromatic nitrogens is 4. The van der Waals surface area contributed by atoms with Crippen molar-refractivity contribution in [2.24, 2.45) is 0 Å². The third kappa shape index (κ3) is 4.90. The molecule has 3 heterocycles. The molecule has 9 heteroatoms. The number of fused-ring (bicyclic) bond motifs is 1. The topological polar surface area (TPSA) is 98.0 Å². The van der Waals surface area contributed by atoms with Gasteiger partial charge in [0.1, 0.15) is 11.6 Å². The molecule has 0 unspecified atom stereocenters. The van der Waals surface area contributed by atoms with Crippen molar-refractivity contribution in [1.29, 1.82) is 0 Å². The van der Waals surface area contributed by atoms with Gasteiger partial charge in [-0.3, -0.25) is 4.90 Å². The van der Waals surface area contributed by atoms with Crippen molar-refractivity contribution >= 4 is 10.0 Å². The Labute approximate surface area is 193 Å². The summed E-state index contributed by atoms with van der Waals surface area (Å²) in [5.41, 5.74) is 3.22. The van der Waals surface area contributed by atoms with Crippen molar-refractivity contribution in [2.45, 2.75) is 37.5 Å². The second-order valence-corrected chi connectivity index (χ2v) is 10.2. The molecule has 0 spiro atoms. The fourth-order valence-electron chi connectivity index (χ4n) is 4.25. The summed E-state index contributed by atoms with van der Waals surface area (Å²) in [6.07, 6.45) is 7.78. The third-order valence-electron chi connectivity index (χ3n) is 5.89. The molecular weight excluding hydrogens is 436 g/mol. The van der Waals surface area contributed by atoms with Gasteiger partial charge in [0.15, 0.2) is 0 Å². The van der Waals surface area contributed by atoms with Crippen molar-refractivity contribution in [3.8, 4) is 0 Å². The molecular formula is C24H26N6O2S. The van der Waals surface area contributed by atoms with Crippen LogP contribution in [0.2, 0.25) is 0 Å². The molecule has 33 heavy (non-hydrogen) atoms. The van der Waals surface area contributed by atoms with E-state index in [-0.39, 0.29) is 0 Å². The Bertz CT molecular complexity index is 1270. The van der Waals surface area contributed by atoms with Gasteiger partial charge in [0, 0.05) is 44.4 Å². The highest BCUT2D eigenvalue weighted by Gasteiger charge is 2.28. The molecule has 2 aromatic heterocycles. The van der Waals surface area contributed by atoms with Gasteiger partial charge in [-0.05, 0) is 35.2 Å². The molecule has 0 saturated heterocycles. The molecule has 0 fully saturated rings. The Morgan fingerprint density at radius 1 is 0.879 bits per heavy atom. The second kappa shape index (κ2) is 9.30. The minimum atomic E-state index is -3.59. The van der Waals surface area contributed by atoms with Gasteiger partial charge in [0.25, 0.3) is 0 Å². The summed E-state index contributed by atoms with van der Waals surface area (Å²) in [7, 11) is -3.59. The van der Waals surface area contributed by atoms with Crippen LogP contribution in [0.1, 0.15) is 28.3 Å². The molecule has 5 rings (SSSR count). The van der Waals surface area contributed by atoms with Gasteiger partial charge in [-0.2, -0.15) is 4.31 Å². The van der Waals surface area contributed by atoms with E-state index in [1.165, 1.54) is 5.56 Å². The van der Waals surface area contributed by atoms with Crippen LogP contribution in [0, 0.1) is 0 Å². The maximum Gasteiger partial charge on any atom is 0.243 e. The minimum absolute atomic E-state index is 0.329. The molecule has 8 nitrogen and oxygen atoms in total. The van der Waals surface area contributed by atoms with E-state index in [4.69, 9.17) is 0 Å². The van der Waals surface area contributed by atoms with E-state index in [1.54, 1.807) is 41.2 Å². The summed E-state index contributed by atoms with van der Waals surface area (Å²) < 4.78 is 28.4. The normalized spacial score (nSPS) is 14.5. The summed E-state index contributed by atoms with van der Waals surface area (Å²) in [6, 6.07) is 15.3. The summed E-state index contributed by atoms with van der Waals surface area (Å²) >= 11 is 0. The van der Waals surface area contributed by atoms with E-state index < -0.39 is 10.0 Å². The number of H-pyrrole nitrogens is 2. The number of sulfonamides is 1. The van der Waals surface area contributed by atoms with Crippen LogP contribution in [-0.2, 0) is 42.6 Å². The summed E-state index contributed by atoms with van der Waals surface area (Å²) in [5, 5.41) is 0. The second-order valence-electron chi connectivity index (χ2n) is 8.22. The van der Waals surface area contributed by atoms with Crippen LogP contribution in [0.15, 0.2) is 78.2 Å². The largest absolute Gasteiger partial charge is 0.348 e. The Morgan fingerprint density at radius 2 is 1.58 bits per heavy atom. The van der Waals surface area contributed by atoms with Crippen LogP contribution >= 0.6 is 0 Å². The molecule has 2 aromatic carbocycles. The van der Waals surface area contributed by atoms with Gasteiger partial charge in [-0.15, -0.1) is 0 Å². The number of rotatable bonds is 8. The predicted molar refractivity (Wildman–Crippen MR) is 124 cm³/mol. The molecule has 0 aliphatic carbocycles. The lowest BCUT2D eigenvalue weighted by molar-refractivity contribution is 0.236. The first kappa shape index (κ1) is 21.6. The maximum absolute atomic E-state index is 13.4. The Balaban J connectivity index is 1.36. The fraction of sp³-hybridized carbons (Fsp3) is 0.250. The highest BCUT2D eigenvalue weighted by molar-refractivity contribution is 7.89. The minimum Gasteiger partial charge on any atom is -0.348 e. The van der Waals surface area contributed by atoms with E-state index in [2.05, 4.69) is 30.9 Å². The third-order valence-corrected chi connectivity index (χ3v) is 7.74. The summed E-state index contributed by atoms with van der Waals surface area (Å²) in [6.45, 7) is 2.65. The lowest BCUT2D eigenvalue weighted by Gasteiger charge is -2.28. The zero-order valence-electron chi connectivity index (χ0n) is 18.2. The van der Waals surface area contributed by atoms with Crippen molar-refractivity contribution < 1.29 is 8.42 Å². The zero-order chi connectivity index (χ0) is 22.7.